The Morgan fingerprint density at radius 1 is 1.04 bits per heavy atom. The summed E-state index contributed by atoms with van der Waals surface area (Å²) in [5.74, 6) is -2.53. The largest absolute Gasteiger partial charge is 0.486 e. The minimum absolute atomic E-state index is 0.0457. The van der Waals surface area contributed by atoms with Crippen molar-refractivity contribution in [3.05, 3.63) is 107 Å². The van der Waals surface area contributed by atoms with E-state index < -0.39 is 17.5 Å². The van der Waals surface area contributed by atoms with Crippen LogP contribution in [0.15, 0.2) is 73.2 Å². The van der Waals surface area contributed by atoms with Gasteiger partial charge >= 0.3 is 0 Å². The van der Waals surface area contributed by atoms with Gasteiger partial charge in [-0.2, -0.15) is 5.10 Å². The highest BCUT2D eigenvalue weighted by atomic mass is 19.1. The Morgan fingerprint density at radius 2 is 1.87 bits per heavy atom. The van der Waals surface area contributed by atoms with Crippen molar-refractivity contribution in [1.82, 2.24) is 14.2 Å². The average Bonchev–Trinajstić information content (AvgIpc) is 3.64. The van der Waals surface area contributed by atoms with Gasteiger partial charge in [-0.15, -0.1) is 0 Å². The number of halogens is 2. The molecule has 0 bridgehead atoms. The fourth-order valence-electron chi connectivity index (χ4n) is 5.35. The van der Waals surface area contributed by atoms with Gasteiger partial charge in [-0.1, -0.05) is 30.3 Å². The molecule has 1 saturated heterocycles. The van der Waals surface area contributed by atoms with Crippen LogP contribution in [0.25, 0.3) is 16.6 Å². The molecule has 1 N–H and O–H groups in total. The first kappa shape index (κ1) is 30.2. The van der Waals surface area contributed by atoms with Gasteiger partial charge in [-0.25, -0.2) is 8.78 Å². The van der Waals surface area contributed by atoms with E-state index in [1.54, 1.807) is 24.0 Å². The van der Waals surface area contributed by atoms with Gasteiger partial charge in [0.05, 0.1) is 35.3 Å². The van der Waals surface area contributed by atoms with Crippen LogP contribution >= 0.6 is 0 Å². The number of Topliss-reactive ketones (excluding diaryl/α,β-unsaturated/α-hetero) is 1. The fourth-order valence-corrected chi connectivity index (χ4v) is 5.35. The van der Waals surface area contributed by atoms with Gasteiger partial charge in [-0.05, 0) is 48.6 Å². The summed E-state index contributed by atoms with van der Waals surface area (Å²) >= 11 is 0. The summed E-state index contributed by atoms with van der Waals surface area (Å²) in [4.78, 5) is 26.2. The summed E-state index contributed by atoms with van der Waals surface area (Å²) in [5, 5.41) is 6.83. The van der Waals surface area contributed by atoms with Crippen molar-refractivity contribution in [2.75, 3.05) is 11.9 Å². The number of ether oxygens (including phenoxy) is 3. The first-order valence-electron chi connectivity index (χ1n) is 14.6. The highest BCUT2D eigenvalue weighted by molar-refractivity contribution is 6.11. The van der Waals surface area contributed by atoms with Gasteiger partial charge in [0, 0.05) is 50.2 Å². The molecule has 1 atom stereocenters. The Bertz CT molecular complexity index is 1860. The number of hydrogen-bond donors (Lipinski definition) is 1. The predicted molar refractivity (Wildman–Crippen MR) is 163 cm³/mol. The Labute approximate surface area is 258 Å². The molecule has 0 radical (unpaired) electrons. The number of fused-ring (bicyclic) bond motifs is 1. The Balaban J connectivity index is 1.34. The smallest absolute Gasteiger partial charge is 0.257 e. The van der Waals surface area contributed by atoms with E-state index in [4.69, 9.17) is 14.2 Å². The van der Waals surface area contributed by atoms with Crippen LogP contribution in [0.3, 0.4) is 0 Å². The van der Waals surface area contributed by atoms with E-state index >= 15 is 8.78 Å². The first-order valence-corrected chi connectivity index (χ1v) is 14.6. The van der Waals surface area contributed by atoms with Crippen molar-refractivity contribution in [2.24, 2.45) is 7.05 Å². The average molecular weight is 615 g/mol. The molecule has 5 aromatic rings. The predicted octanol–water partition coefficient (Wildman–Crippen LogP) is 6.70. The quantitative estimate of drug-likeness (QED) is 0.176. The van der Waals surface area contributed by atoms with E-state index in [9.17, 15) is 9.59 Å². The van der Waals surface area contributed by atoms with Crippen LogP contribution in [0.1, 0.15) is 58.2 Å². The summed E-state index contributed by atoms with van der Waals surface area (Å²) in [6.07, 6.45) is 6.68. The number of nitrogens with zero attached hydrogens (tertiary/aromatic N) is 3. The molecule has 4 heterocycles. The lowest BCUT2D eigenvalue weighted by Crippen LogP contribution is -2.22. The van der Waals surface area contributed by atoms with Gasteiger partial charge in [0.25, 0.3) is 5.91 Å². The summed E-state index contributed by atoms with van der Waals surface area (Å²) in [7, 11) is 1.73. The number of aromatic nitrogens is 3. The second-order valence-corrected chi connectivity index (χ2v) is 11.0. The van der Waals surface area contributed by atoms with Crippen LogP contribution in [0.4, 0.5) is 14.5 Å². The topological polar surface area (TPSA) is 96.1 Å². The third-order valence-electron chi connectivity index (χ3n) is 7.63. The van der Waals surface area contributed by atoms with E-state index in [-0.39, 0.29) is 59.1 Å². The number of ketones is 1. The highest BCUT2D eigenvalue weighted by Gasteiger charge is 2.23. The van der Waals surface area contributed by atoms with Gasteiger partial charge in [0.2, 0.25) is 0 Å². The summed E-state index contributed by atoms with van der Waals surface area (Å²) in [6, 6.07) is 15.1. The molecule has 1 fully saturated rings. The zero-order valence-corrected chi connectivity index (χ0v) is 24.9. The number of anilines is 1. The number of amides is 1. The number of carbonyl (C=O) groups is 2. The van der Waals surface area contributed by atoms with Crippen molar-refractivity contribution in [3.63, 3.8) is 0 Å². The van der Waals surface area contributed by atoms with Crippen LogP contribution in [-0.2, 0) is 29.7 Å². The summed E-state index contributed by atoms with van der Waals surface area (Å²) in [5.41, 5.74) is 2.47. The van der Waals surface area contributed by atoms with Crippen molar-refractivity contribution >= 4 is 22.9 Å². The molecule has 2 aromatic carbocycles. The molecule has 3 aromatic heterocycles. The molecule has 1 aliphatic rings. The van der Waals surface area contributed by atoms with E-state index in [1.807, 2.05) is 30.3 Å². The van der Waals surface area contributed by atoms with Crippen molar-refractivity contribution in [1.29, 1.82) is 0 Å². The molecule has 6 rings (SSSR count). The summed E-state index contributed by atoms with van der Waals surface area (Å²) < 4.78 is 51.3. The van der Waals surface area contributed by atoms with Crippen LogP contribution in [0, 0.1) is 11.6 Å². The molecule has 1 unspecified atom stereocenters. The van der Waals surface area contributed by atoms with E-state index in [0.29, 0.717) is 17.7 Å². The number of rotatable bonds is 10. The minimum Gasteiger partial charge on any atom is -0.486 e. The number of hydrogen-bond acceptors (Lipinski definition) is 6. The number of nitrogens with one attached hydrogen (secondary N) is 1. The number of aryl methyl sites for hydroxylation is 1. The number of pyridine rings is 1. The molecule has 1 amide bonds. The van der Waals surface area contributed by atoms with E-state index in [2.05, 4.69) is 10.4 Å². The molecule has 0 spiro atoms. The Kier molecular flexibility index (Phi) is 8.72. The number of benzene rings is 2. The zero-order chi connectivity index (χ0) is 31.5. The molecule has 45 heavy (non-hydrogen) atoms. The SMILES string of the molecule is CC(=O)c1cc(C(=O)Nc2cc(COC3CCCCO3)cc(-c3cnn(C)c3)c2F)c2cc(OCc3ccccc3)c(F)cn12. The van der Waals surface area contributed by atoms with E-state index in [1.165, 1.54) is 35.7 Å². The molecule has 9 nitrogen and oxygen atoms in total. The van der Waals surface area contributed by atoms with Gasteiger partial charge in [0.1, 0.15) is 6.61 Å². The van der Waals surface area contributed by atoms with Gasteiger partial charge in [0.15, 0.2) is 29.5 Å². The number of carbonyl (C=O) groups excluding carboxylic acids is 2. The maximum absolute atomic E-state index is 16.0. The van der Waals surface area contributed by atoms with Crippen LogP contribution < -0.4 is 10.1 Å². The zero-order valence-electron chi connectivity index (χ0n) is 24.9. The Hall–Kier alpha value is -4.87. The first-order chi connectivity index (χ1) is 21.8. The summed E-state index contributed by atoms with van der Waals surface area (Å²) in [6.45, 7) is 2.17. The molecule has 1 aliphatic heterocycles. The third-order valence-corrected chi connectivity index (χ3v) is 7.63. The normalized spacial score (nSPS) is 14.9. The maximum atomic E-state index is 16.0. The van der Waals surface area contributed by atoms with Crippen LogP contribution in [0.5, 0.6) is 5.75 Å². The molecule has 0 saturated carbocycles. The lowest BCUT2D eigenvalue weighted by atomic mass is 10.0. The molecular weight excluding hydrogens is 582 g/mol. The lowest BCUT2D eigenvalue weighted by molar-refractivity contribution is -0.168. The third kappa shape index (κ3) is 6.64. The van der Waals surface area contributed by atoms with Crippen LogP contribution in [-0.4, -0.2) is 38.8 Å². The maximum Gasteiger partial charge on any atom is 0.257 e. The van der Waals surface area contributed by atoms with E-state index in [0.717, 1.165) is 31.0 Å². The van der Waals surface area contributed by atoms with Crippen molar-refractivity contribution in [2.45, 2.75) is 45.7 Å². The molecule has 0 aliphatic carbocycles. The van der Waals surface area contributed by atoms with Gasteiger partial charge < -0.3 is 23.9 Å². The van der Waals surface area contributed by atoms with Crippen molar-refractivity contribution < 1.29 is 32.6 Å². The second kappa shape index (κ2) is 13.0. The lowest BCUT2D eigenvalue weighted by Gasteiger charge is -2.23. The standard InChI is InChI=1S/C34H32F2N4O5/c1-21(41)29-14-26(30-15-31(27(35)18-40(29)30)44-19-22-8-4-3-5-9-22)34(42)38-28-13-23(20-45-32-10-6-7-11-43-32)12-25(33(28)36)24-16-37-39(2)17-24/h3-5,8-9,12-18,32H,6-7,10-11,19-20H2,1-2H3,(H,38,42). The highest BCUT2D eigenvalue weighted by Crippen LogP contribution is 2.32. The van der Waals surface area contributed by atoms with Gasteiger partial charge in [-0.3, -0.25) is 14.3 Å². The Morgan fingerprint density at radius 3 is 2.58 bits per heavy atom. The molecule has 11 heteroatoms. The fraction of sp³-hybridized carbons (Fsp3) is 0.265. The second-order valence-electron chi connectivity index (χ2n) is 11.0. The van der Waals surface area contributed by atoms with Crippen molar-refractivity contribution in [3.8, 4) is 16.9 Å². The molecular formula is C34H32F2N4O5. The minimum atomic E-state index is -0.703. The monoisotopic (exact) mass is 614 g/mol. The molecule has 232 valence electrons. The van der Waals surface area contributed by atoms with Crippen LogP contribution in [0.2, 0.25) is 0 Å².